The molecule has 0 aliphatic rings. The predicted molar refractivity (Wildman–Crippen MR) is 94.0 cm³/mol. The fourth-order valence-electron chi connectivity index (χ4n) is 2.09. The quantitative estimate of drug-likeness (QED) is 0.664. The molecule has 0 unspecified atom stereocenters. The van der Waals surface area contributed by atoms with E-state index in [-0.39, 0.29) is 5.75 Å². The predicted octanol–water partition coefficient (Wildman–Crippen LogP) is 5.37. The topological polar surface area (TPSA) is 12.5 Å². The van der Waals surface area contributed by atoms with Gasteiger partial charge in [0.15, 0.2) is 0 Å². The molecule has 0 bridgehead atoms. The van der Waals surface area contributed by atoms with Crippen LogP contribution in [-0.4, -0.2) is 43.9 Å². The molecule has 2 nitrogen and oxygen atoms in total. The number of hydrogen-bond donors (Lipinski definition) is 0. The maximum Gasteiger partial charge on any atom is 0.573 e. The third-order valence-electron chi connectivity index (χ3n) is 2.34. The molecule has 0 saturated carbocycles. The van der Waals surface area contributed by atoms with E-state index in [1.807, 2.05) is 0 Å². The maximum absolute atomic E-state index is 12.3. The Morgan fingerprint density at radius 1 is 1.00 bits per heavy atom. The van der Waals surface area contributed by atoms with Crippen LogP contribution in [0.4, 0.5) is 18.9 Å². The average molecular weight is 408 g/mol. The molecule has 1 aromatic carbocycles. The summed E-state index contributed by atoms with van der Waals surface area (Å²) >= 11 is 3.38. The van der Waals surface area contributed by atoms with Crippen LogP contribution in [0.25, 0.3) is 0 Å². The van der Waals surface area contributed by atoms with Gasteiger partial charge >= 0.3 is 6.36 Å². The molecule has 0 radical (unpaired) electrons. The Bertz CT molecular complexity index is 496. The van der Waals surface area contributed by atoms with E-state index in [1.165, 1.54) is 12.1 Å². The Morgan fingerprint density at radius 3 is 1.81 bits per heavy atom. The van der Waals surface area contributed by atoms with Crippen molar-refractivity contribution in [3.8, 4) is 5.75 Å². The van der Waals surface area contributed by atoms with Crippen LogP contribution < -0.4 is 8.45 Å². The summed E-state index contributed by atoms with van der Waals surface area (Å²) in [5.41, 5.74) is 0.898. The van der Waals surface area contributed by atoms with Gasteiger partial charge in [-0.2, -0.15) is 20.4 Å². The molecule has 0 saturated heterocycles. The van der Waals surface area contributed by atoms with E-state index in [2.05, 4.69) is 61.9 Å². The van der Waals surface area contributed by atoms with Gasteiger partial charge in [-0.1, -0.05) is 0 Å². The van der Waals surface area contributed by atoms with Crippen LogP contribution in [0.3, 0.4) is 0 Å². The molecule has 21 heavy (non-hydrogen) atoms. The van der Waals surface area contributed by atoms with E-state index in [9.17, 15) is 13.2 Å². The highest BCUT2D eigenvalue weighted by Gasteiger charge is 2.32. The summed E-state index contributed by atoms with van der Waals surface area (Å²) in [6.07, 6.45) is 8.31. The van der Waals surface area contributed by atoms with Crippen molar-refractivity contribution in [3.63, 3.8) is 0 Å². The zero-order valence-electron chi connectivity index (χ0n) is 12.9. The van der Waals surface area contributed by atoms with E-state index < -0.39 is 26.8 Å². The zero-order valence-corrected chi connectivity index (χ0v) is 16.1. The van der Waals surface area contributed by atoms with Crippen molar-refractivity contribution < 1.29 is 17.9 Å². The Hall–Kier alpha value is -0.210. The summed E-state index contributed by atoms with van der Waals surface area (Å²) in [6, 6.07) is 4.41. The lowest BCUT2D eigenvalue weighted by molar-refractivity contribution is -0.274. The second-order valence-corrected chi connectivity index (χ2v) is 14.9. The molecular formula is C13H21BrF3NOS2. The number of alkyl halides is 3. The van der Waals surface area contributed by atoms with Crippen molar-refractivity contribution in [1.29, 1.82) is 0 Å². The van der Waals surface area contributed by atoms with Gasteiger partial charge in [-0.15, -0.1) is 13.2 Å². The van der Waals surface area contributed by atoms with Gasteiger partial charge in [-0.3, -0.25) is 3.71 Å². The Kier molecular flexibility index (Phi) is 5.49. The number of benzene rings is 1. The second kappa shape index (κ2) is 6.12. The van der Waals surface area contributed by atoms with Crippen LogP contribution in [0, 0.1) is 0 Å². The summed E-state index contributed by atoms with van der Waals surface area (Å²) in [4.78, 5) is 0. The van der Waals surface area contributed by atoms with Gasteiger partial charge in [0.25, 0.3) is 0 Å². The molecular weight excluding hydrogens is 387 g/mol. The molecule has 8 heteroatoms. The third kappa shape index (κ3) is 5.49. The summed E-state index contributed by atoms with van der Waals surface area (Å²) in [5, 5.41) is 0. The largest absolute Gasteiger partial charge is 0.573 e. The lowest BCUT2D eigenvalue weighted by atomic mass is 10.3. The molecule has 0 spiro atoms. The normalized spacial score (nSPS) is 14.8. The standard InChI is InChI=1S/C13H21BrF3NOS2/c1-20(2,3)18(21(4,5)6)12-8-7-10(9-11(12)14)19-13(15,16)17/h7-9H,1-6H3. The minimum Gasteiger partial charge on any atom is -0.406 e. The van der Waals surface area contributed by atoms with Crippen molar-refractivity contribution in [2.75, 3.05) is 41.2 Å². The molecule has 0 atom stereocenters. The molecule has 0 aromatic heterocycles. The number of rotatable bonds is 4. The van der Waals surface area contributed by atoms with Crippen molar-refractivity contribution >= 4 is 42.0 Å². The lowest BCUT2D eigenvalue weighted by Crippen LogP contribution is -2.28. The molecule has 124 valence electrons. The third-order valence-corrected chi connectivity index (χ3v) is 8.05. The summed E-state index contributed by atoms with van der Waals surface area (Å²) in [7, 11) is -2.14. The highest BCUT2D eigenvalue weighted by Crippen LogP contribution is 2.60. The van der Waals surface area contributed by atoms with Gasteiger partial charge in [-0.25, -0.2) is 0 Å². The fraction of sp³-hybridized carbons (Fsp3) is 0.538. The fourth-order valence-corrected chi connectivity index (χ4v) is 9.73. The average Bonchev–Trinajstić information content (AvgIpc) is 2.15. The number of hydrogen-bond acceptors (Lipinski definition) is 2. The molecule has 0 heterocycles. The van der Waals surface area contributed by atoms with Crippen molar-refractivity contribution in [1.82, 2.24) is 0 Å². The monoisotopic (exact) mass is 407 g/mol. The van der Waals surface area contributed by atoms with Crippen molar-refractivity contribution in [2.45, 2.75) is 6.36 Å². The van der Waals surface area contributed by atoms with Crippen molar-refractivity contribution in [3.05, 3.63) is 22.7 Å². The van der Waals surface area contributed by atoms with Crippen LogP contribution in [0.1, 0.15) is 0 Å². The molecule has 0 fully saturated rings. The van der Waals surface area contributed by atoms with Crippen LogP contribution in [0.2, 0.25) is 0 Å². The number of nitrogens with zero attached hydrogens (tertiary/aromatic N) is 1. The first kappa shape index (κ1) is 18.8. The number of anilines is 1. The van der Waals surface area contributed by atoms with Crippen LogP contribution in [0.15, 0.2) is 22.7 Å². The van der Waals surface area contributed by atoms with E-state index in [0.29, 0.717) is 4.47 Å². The highest BCUT2D eigenvalue weighted by atomic mass is 79.9. The first-order chi connectivity index (χ1) is 9.22. The van der Waals surface area contributed by atoms with Gasteiger partial charge in [0, 0.05) is 4.47 Å². The summed E-state index contributed by atoms with van der Waals surface area (Å²) in [5.74, 6) is -0.217. The number of halogens is 4. The number of ether oxygens (including phenoxy) is 1. The van der Waals surface area contributed by atoms with E-state index in [0.717, 1.165) is 5.69 Å². The van der Waals surface area contributed by atoms with E-state index in [1.54, 1.807) is 6.07 Å². The lowest BCUT2D eigenvalue weighted by Gasteiger charge is -2.53. The highest BCUT2D eigenvalue weighted by molar-refractivity contribution is 9.10. The van der Waals surface area contributed by atoms with Gasteiger partial charge in [0.05, 0.1) is 5.69 Å². The molecule has 0 amide bonds. The van der Waals surface area contributed by atoms with Gasteiger partial charge < -0.3 is 4.74 Å². The van der Waals surface area contributed by atoms with Crippen LogP contribution >= 0.6 is 36.4 Å². The first-order valence-electron chi connectivity index (χ1n) is 5.94. The molecule has 0 aliphatic heterocycles. The Balaban J connectivity index is 3.24. The zero-order chi connectivity index (χ0) is 16.6. The minimum absolute atomic E-state index is 0.217. The van der Waals surface area contributed by atoms with Gasteiger partial charge in [0.1, 0.15) is 5.75 Å². The summed E-state index contributed by atoms with van der Waals surface area (Å²) in [6.45, 7) is 0. The first-order valence-corrected chi connectivity index (χ1v) is 12.4. The maximum atomic E-state index is 12.3. The molecule has 0 N–H and O–H groups in total. The molecule has 0 aliphatic carbocycles. The smallest absolute Gasteiger partial charge is 0.406 e. The van der Waals surface area contributed by atoms with Crippen LogP contribution in [0.5, 0.6) is 5.75 Å². The van der Waals surface area contributed by atoms with E-state index >= 15 is 0 Å². The SMILES string of the molecule is CS(C)(C)N(c1ccc(OC(F)(F)F)cc1Br)S(C)(C)C. The minimum atomic E-state index is -4.68. The van der Waals surface area contributed by atoms with Crippen molar-refractivity contribution in [2.24, 2.45) is 0 Å². The Morgan fingerprint density at radius 2 is 1.48 bits per heavy atom. The molecule has 1 rings (SSSR count). The summed E-state index contributed by atoms with van der Waals surface area (Å²) < 4.78 is 43.7. The Labute approximate surface area is 136 Å². The van der Waals surface area contributed by atoms with Gasteiger partial charge in [0.2, 0.25) is 0 Å². The second-order valence-electron chi connectivity index (χ2n) is 5.96. The van der Waals surface area contributed by atoms with Gasteiger partial charge in [-0.05, 0) is 71.7 Å². The van der Waals surface area contributed by atoms with E-state index in [4.69, 9.17) is 0 Å². The van der Waals surface area contributed by atoms with Crippen LogP contribution in [-0.2, 0) is 0 Å². The molecule has 1 aromatic rings.